The highest BCUT2D eigenvalue weighted by atomic mass is 79.9. The third-order valence-corrected chi connectivity index (χ3v) is 4.67. The van der Waals surface area contributed by atoms with Crippen molar-refractivity contribution in [3.05, 3.63) is 49.9 Å². The largest absolute Gasteiger partial charge is 0.326 e. The lowest BCUT2D eigenvalue weighted by Gasteiger charge is -2.17. The first kappa shape index (κ1) is 13.5. The summed E-state index contributed by atoms with van der Waals surface area (Å²) in [4.78, 5) is 23.6. The second-order valence-electron chi connectivity index (χ2n) is 4.51. The van der Waals surface area contributed by atoms with Gasteiger partial charge in [-0.1, -0.05) is 0 Å². The molecule has 2 aromatic rings. The molecule has 0 saturated carbocycles. The summed E-state index contributed by atoms with van der Waals surface area (Å²) in [5, 5.41) is 4.30. The summed E-state index contributed by atoms with van der Waals surface area (Å²) in [6, 6.07) is 4.44. The second-order valence-corrected chi connectivity index (χ2v) is 6.80. The van der Waals surface area contributed by atoms with Gasteiger partial charge in [0.05, 0.1) is 9.35 Å². The Balaban J connectivity index is 2.02. The molecule has 0 saturated heterocycles. The molecule has 1 aliphatic rings. The average molecular weight is 354 g/mol. The third kappa shape index (κ3) is 2.41. The first-order valence-corrected chi connectivity index (χ1v) is 7.63. The van der Waals surface area contributed by atoms with E-state index in [2.05, 4.69) is 21.2 Å². The number of benzene rings is 1. The van der Waals surface area contributed by atoms with Crippen molar-refractivity contribution in [1.29, 1.82) is 0 Å². The van der Waals surface area contributed by atoms with Gasteiger partial charge in [-0.25, -0.2) is 4.39 Å². The lowest BCUT2D eigenvalue weighted by Crippen LogP contribution is -2.20. The van der Waals surface area contributed by atoms with Crippen molar-refractivity contribution in [2.24, 2.45) is 0 Å². The highest BCUT2D eigenvalue weighted by molar-refractivity contribution is 9.11. The van der Waals surface area contributed by atoms with Crippen molar-refractivity contribution < 1.29 is 14.0 Å². The summed E-state index contributed by atoms with van der Waals surface area (Å²) in [5.41, 5.74) is 1.76. The van der Waals surface area contributed by atoms with Gasteiger partial charge in [0, 0.05) is 23.1 Å². The zero-order valence-electron chi connectivity index (χ0n) is 10.2. The van der Waals surface area contributed by atoms with Crippen molar-refractivity contribution >= 4 is 44.6 Å². The minimum atomic E-state index is -0.613. The molecular formula is C14H9BrFNO2S. The lowest BCUT2D eigenvalue weighted by molar-refractivity contribution is -0.116. The van der Waals surface area contributed by atoms with Crippen LogP contribution in [0.3, 0.4) is 0 Å². The summed E-state index contributed by atoms with van der Waals surface area (Å²) < 4.78 is 14.9. The third-order valence-electron chi connectivity index (χ3n) is 3.16. The van der Waals surface area contributed by atoms with Crippen LogP contribution in [0.4, 0.5) is 10.1 Å². The Morgan fingerprint density at radius 3 is 2.80 bits per heavy atom. The lowest BCUT2D eigenvalue weighted by atomic mass is 9.96. The van der Waals surface area contributed by atoms with E-state index in [0.717, 1.165) is 9.35 Å². The van der Waals surface area contributed by atoms with Crippen molar-refractivity contribution in [2.75, 3.05) is 5.32 Å². The molecule has 1 aromatic carbocycles. The molecule has 0 atom stereocenters. The van der Waals surface area contributed by atoms with Gasteiger partial charge in [0.25, 0.3) is 0 Å². The zero-order valence-corrected chi connectivity index (χ0v) is 12.6. The average Bonchev–Trinajstić information content (AvgIpc) is 2.84. The molecule has 102 valence electrons. The Bertz CT molecular complexity index is 726. The van der Waals surface area contributed by atoms with E-state index in [1.165, 1.54) is 23.5 Å². The predicted molar refractivity (Wildman–Crippen MR) is 78.8 cm³/mol. The zero-order chi connectivity index (χ0) is 14.3. The van der Waals surface area contributed by atoms with Crippen LogP contribution in [0.1, 0.15) is 27.9 Å². The second kappa shape index (κ2) is 5.10. The Morgan fingerprint density at radius 2 is 2.10 bits per heavy atom. The topological polar surface area (TPSA) is 46.2 Å². The molecule has 0 unspecified atom stereocenters. The molecule has 0 radical (unpaired) electrons. The standard InChI is InChI=1S/C14H9BrFNO2S/c15-12-4-8(6-20-12)14(19)9-3-7-1-2-13(18)17-11(7)5-10(9)16/h3-6H,1-2H2,(H,17,18). The van der Waals surface area contributed by atoms with Crippen LogP contribution >= 0.6 is 27.3 Å². The molecule has 6 heteroatoms. The number of carbonyl (C=O) groups excluding carboxylic acids is 2. The number of thiophene rings is 1. The number of amides is 1. The van der Waals surface area contributed by atoms with Crippen molar-refractivity contribution in [1.82, 2.24) is 0 Å². The Labute approximate surface area is 126 Å². The van der Waals surface area contributed by atoms with Crippen molar-refractivity contribution in [3.63, 3.8) is 0 Å². The number of anilines is 1. The number of fused-ring (bicyclic) bond motifs is 1. The van der Waals surface area contributed by atoms with Crippen LogP contribution < -0.4 is 5.32 Å². The fourth-order valence-electron chi connectivity index (χ4n) is 2.16. The smallest absolute Gasteiger partial charge is 0.224 e. The van der Waals surface area contributed by atoms with Crippen LogP contribution in [0.15, 0.2) is 27.4 Å². The molecule has 2 heterocycles. The molecule has 1 aromatic heterocycles. The number of rotatable bonds is 2. The first-order chi connectivity index (χ1) is 9.54. The first-order valence-electron chi connectivity index (χ1n) is 5.95. The number of aryl methyl sites for hydroxylation is 1. The highest BCUT2D eigenvalue weighted by Crippen LogP contribution is 2.29. The Hall–Kier alpha value is -1.53. The van der Waals surface area contributed by atoms with Gasteiger partial charge < -0.3 is 5.32 Å². The van der Waals surface area contributed by atoms with E-state index in [1.807, 2.05) is 0 Å². The van der Waals surface area contributed by atoms with E-state index in [9.17, 15) is 14.0 Å². The quantitative estimate of drug-likeness (QED) is 0.835. The maximum Gasteiger partial charge on any atom is 0.224 e. The number of hydrogen-bond donors (Lipinski definition) is 1. The number of hydrogen-bond acceptors (Lipinski definition) is 3. The van der Waals surface area contributed by atoms with E-state index < -0.39 is 5.82 Å². The van der Waals surface area contributed by atoms with Gasteiger partial charge >= 0.3 is 0 Å². The molecule has 3 nitrogen and oxygen atoms in total. The van der Waals surface area contributed by atoms with Crippen LogP contribution in [-0.4, -0.2) is 11.7 Å². The van der Waals surface area contributed by atoms with E-state index in [-0.39, 0.29) is 17.3 Å². The Morgan fingerprint density at radius 1 is 1.30 bits per heavy atom. The minimum Gasteiger partial charge on any atom is -0.326 e. The Kier molecular flexibility index (Phi) is 3.43. The monoisotopic (exact) mass is 353 g/mol. The number of ketones is 1. The van der Waals surface area contributed by atoms with Crippen molar-refractivity contribution in [2.45, 2.75) is 12.8 Å². The van der Waals surface area contributed by atoms with Gasteiger partial charge in [0.2, 0.25) is 5.91 Å². The van der Waals surface area contributed by atoms with Gasteiger partial charge in [-0.05, 0) is 46.1 Å². The van der Waals surface area contributed by atoms with Crippen molar-refractivity contribution in [3.8, 4) is 0 Å². The fraction of sp³-hybridized carbons (Fsp3) is 0.143. The van der Waals surface area contributed by atoms with Gasteiger partial charge in [0.1, 0.15) is 5.82 Å². The molecular weight excluding hydrogens is 345 g/mol. The minimum absolute atomic E-state index is 0.0465. The molecule has 1 amide bonds. The molecule has 1 N–H and O–H groups in total. The van der Waals surface area contributed by atoms with Gasteiger partial charge in [-0.3, -0.25) is 9.59 Å². The van der Waals surface area contributed by atoms with Crippen LogP contribution in [0.2, 0.25) is 0 Å². The van der Waals surface area contributed by atoms with Gasteiger partial charge in [-0.2, -0.15) is 0 Å². The van der Waals surface area contributed by atoms with E-state index >= 15 is 0 Å². The van der Waals surface area contributed by atoms with Gasteiger partial charge in [0.15, 0.2) is 5.78 Å². The predicted octanol–water partition coefficient (Wildman–Crippen LogP) is 3.77. The highest BCUT2D eigenvalue weighted by Gasteiger charge is 2.21. The van der Waals surface area contributed by atoms with Crippen LogP contribution in [-0.2, 0) is 11.2 Å². The maximum absolute atomic E-state index is 14.1. The van der Waals surface area contributed by atoms with Crippen LogP contribution in [0.5, 0.6) is 0 Å². The molecule has 0 spiro atoms. The number of carbonyl (C=O) groups is 2. The summed E-state index contributed by atoms with van der Waals surface area (Å²) in [6.07, 6.45) is 0.880. The normalized spacial score (nSPS) is 13.8. The summed E-state index contributed by atoms with van der Waals surface area (Å²) in [7, 11) is 0. The van der Waals surface area contributed by atoms with Crippen LogP contribution in [0, 0.1) is 5.82 Å². The molecule has 3 rings (SSSR count). The molecule has 1 aliphatic heterocycles. The molecule has 20 heavy (non-hydrogen) atoms. The SMILES string of the molecule is O=C1CCc2cc(C(=O)c3csc(Br)c3)c(F)cc2N1. The van der Waals surface area contributed by atoms with E-state index in [0.29, 0.717) is 24.1 Å². The number of nitrogens with one attached hydrogen (secondary N) is 1. The molecule has 0 fully saturated rings. The van der Waals surface area contributed by atoms with Gasteiger partial charge in [-0.15, -0.1) is 11.3 Å². The summed E-state index contributed by atoms with van der Waals surface area (Å²) in [5.74, 6) is -1.08. The van der Waals surface area contributed by atoms with E-state index in [1.54, 1.807) is 11.4 Å². The van der Waals surface area contributed by atoms with Crippen LogP contribution in [0.25, 0.3) is 0 Å². The van der Waals surface area contributed by atoms with E-state index in [4.69, 9.17) is 0 Å². The fourth-order valence-corrected chi connectivity index (χ4v) is 3.30. The number of halogens is 2. The summed E-state index contributed by atoms with van der Waals surface area (Å²) >= 11 is 4.66. The molecule has 0 aliphatic carbocycles. The summed E-state index contributed by atoms with van der Waals surface area (Å²) in [6.45, 7) is 0. The molecule has 0 bridgehead atoms. The maximum atomic E-state index is 14.1.